The smallest absolute Gasteiger partial charge is 0.291 e. The quantitative estimate of drug-likeness (QED) is 0.513. The Hall–Kier alpha value is -3.94. The van der Waals surface area contributed by atoms with Gasteiger partial charge in [-0.05, 0) is 35.9 Å². The molecule has 8 heteroatoms. The molecule has 2 N–H and O–H groups in total. The van der Waals surface area contributed by atoms with Crippen molar-refractivity contribution in [1.82, 2.24) is 5.32 Å². The minimum absolute atomic E-state index is 0.00447. The number of amides is 2. The maximum atomic E-state index is 12.2. The van der Waals surface area contributed by atoms with Gasteiger partial charge in [0.05, 0.1) is 11.2 Å². The number of nitro groups is 1. The van der Waals surface area contributed by atoms with Crippen molar-refractivity contribution in [1.29, 1.82) is 0 Å². The third-order valence-corrected chi connectivity index (χ3v) is 3.76. The summed E-state index contributed by atoms with van der Waals surface area (Å²) >= 11 is 0. The molecule has 136 valence electrons. The lowest BCUT2D eigenvalue weighted by atomic mass is 10.1. The van der Waals surface area contributed by atoms with Crippen LogP contribution >= 0.6 is 0 Å². The second kappa shape index (κ2) is 7.96. The van der Waals surface area contributed by atoms with Gasteiger partial charge in [-0.25, -0.2) is 0 Å². The number of para-hydroxylation sites is 1. The van der Waals surface area contributed by atoms with Crippen molar-refractivity contribution in [2.24, 2.45) is 0 Å². The minimum atomic E-state index is -0.592. The van der Waals surface area contributed by atoms with Crippen LogP contribution in [0.25, 0.3) is 0 Å². The molecule has 2 amide bonds. The predicted octanol–water partition coefficient (Wildman–Crippen LogP) is 3.37. The molecule has 2 aromatic carbocycles. The first-order valence-corrected chi connectivity index (χ1v) is 8.00. The molecule has 0 saturated carbocycles. The summed E-state index contributed by atoms with van der Waals surface area (Å²) in [6.45, 7) is 0.192. The normalized spacial score (nSPS) is 10.2. The Morgan fingerprint density at radius 2 is 1.70 bits per heavy atom. The van der Waals surface area contributed by atoms with Crippen LogP contribution in [0.4, 0.5) is 11.4 Å². The molecule has 1 heterocycles. The van der Waals surface area contributed by atoms with Crippen LogP contribution in [0, 0.1) is 10.1 Å². The molecule has 0 aliphatic carbocycles. The van der Waals surface area contributed by atoms with Crippen LogP contribution in [0.2, 0.25) is 0 Å². The molecule has 3 aromatic rings. The van der Waals surface area contributed by atoms with Gasteiger partial charge in [0.2, 0.25) is 0 Å². The van der Waals surface area contributed by atoms with Crippen molar-refractivity contribution in [3.05, 3.63) is 93.9 Å². The largest absolute Gasteiger partial charge is 0.459 e. The van der Waals surface area contributed by atoms with Crippen LogP contribution in [-0.2, 0) is 6.54 Å². The summed E-state index contributed by atoms with van der Waals surface area (Å²) in [4.78, 5) is 34.5. The third kappa shape index (κ3) is 4.37. The maximum Gasteiger partial charge on any atom is 0.291 e. The average Bonchev–Trinajstić information content (AvgIpc) is 3.22. The molecule has 0 radical (unpaired) electrons. The number of carbonyl (C=O) groups excluding carboxylic acids is 2. The molecular formula is C19H15N3O5. The highest BCUT2D eigenvalue weighted by atomic mass is 16.6. The molecule has 0 aliphatic heterocycles. The Morgan fingerprint density at radius 1 is 0.963 bits per heavy atom. The fourth-order valence-corrected chi connectivity index (χ4v) is 2.41. The van der Waals surface area contributed by atoms with Gasteiger partial charge in [-0.2, -0.15) is 0 Å². The molecule has 0 bridgehead atoms. The predicted molar refractivity (Wildman–Crippen MR) is 97.4 cm³/mol. The molecular weight excluding hydrogens is 350 g/mol. The number of anilines is 1. The summed E-state index contributed by atoms with van der Waals surface area (Å²) in [5, 5.41) is 16.3. The zero-order valence-electron chi connectivity index (χ0n) is 14.0. The second-order valence-corrected chi connectivity index (χ2v) is 5.59. The van der Waals surface area contributed by atoms with Crippen molar-refractivity contribution in [3.63, 3.8) is 0 Å². The highest BCUT2D eigenvalue weighted by Gasteiger charge is 2.18. The second-order valence-electron chi connectivity index (χ2n) is 5.59. The van der Waals surface area contributed by atoms with E-state index in [4.69, 9.17) is 4.42 Å². The van der Waals surface area contributed by atoms with Crippen molar-refractivity contribution in [2.75, 3.05) is 5.32 Å². The van der Waals surface area contributed by atoms with Crippen LogP contribution in [0.3, 0.4) is 0 Å². The lowest BCUT2D eigenvalue weighted by molar-refractivity contribution is -0.385. The molecule has 0 aliphatic rings. The van der Waals surface area contributed by atoms with Gasteiger partial charge in [0.25, 0.3) is 17.5 Å². The van der Waals surface area contributed by atoms with E-state index in [0.29, 0.717) is 5.69 Å². The Balaban J connectivity index is 1.60. The van der Waals surface area contributed by atoms with Gasteiger partial charge in [0, 0.05) is 18.3 Å². The van der Waals surface area contributed by atoms with Gasteiger partial charge >= 0.3 is 0 Å². The summed E-state index contributed by atoms with van der Waals surface area (Å²) in [6, 6.07) is 15.8. The van der Waals surface area contributed by atoms with Crippen LogP contribution in [0.15, 0.2) is 71.3 Å². The van der Waals surface area contributed by atoms with E-state index < -0.39 is 10.8 Å². The monoisotopic (exact) mass is 365 g/mol. The van der Waals surface area contributed by atoms with E-state index in [9.17, 15) is 19.7 Å². The fraction of sp³-hybridized carbons (Fsp3) is 0.0526. The molecule has 0 fully saturated rings. The standard InChI is InChI=1S/C19H15N3O5/c23-18(15-4-1-2-5-16(15)22(25)26)20-12-13-7-9-14(10-8-13)21-19(24)17-6-3-11-27-17/h1-11H,12H2,(H,20,23)(H,21,24). The molecule has 27 heavy (non-hydrogen) atoms. The summed E-state index contributed by atoms with van der Waals surface area (Å²) < 4.78 is 5.02. The van der Waals surface area contributed by atoms with E-state index in [1.807, 2.05) is 0 Å². The number of hydrogen-bond acceptors (Lipinski definition) is 5. The highest BCUT2D eigenvalue weighted by Crippen LogP contribution is 2.18. The van der Waals surface area contributed by atoms with E-state index in [1.165, 1.54) is 24.5 Å². The van der Waals surface area contributed by atoms with Crippen LogP contribution < -0.4 is 10.6 Å². The van der Waals surface area contributed by atoms with Crippen molar-refractivity contribution >= 4 is 23.2 Å². The van der Waals surface area contributed by atoms with E-state index in [0.717, 1.165) is 5.56 Å². The van der Waals surface area contributed by atoms with Gasteiger partial charge in [-0.15, -0.1) is 0 Å². The lowest BCUT2D eigenvalue weighted by Gasteiger charge is -2.07. The SMILES string of the molecule is O=C(Nc1ccc(CNC(=O)c2ccccc2[N+](=O)[O-])cc1)c1ccco1. The first-order chi connectivity index (χ1) is 13.0. The van der Waals surface area contributed by atoms with Crippen LogP contribution in [-0.4, -0.2) is 16.7 Å². The van der Waals surface area contributed by atoms with Gasteiger partial charge in [-0.3, -0.25) is 19.7 Å². The Labute approximate surface area is 154 Å². The molecule has 1 aromatic heterocycles. The van der Waals surface area contributed by atoms with E-state index in [1.54, 1.807) is 42.5 Å². The molecule has 0 atom stereocenters. The fourth-order valence-electron chi connectivity index (χ4n) is 2.41. The molecule has 8 nitrogen and oxygen atoms in total. The number of nitrogens with one attached hydrogen (secondary N) is 2. The number of nitrogens with zero attached hydrogens (tertiary/aromatic N) is 1. The van der Waals surface area contributed by atoms with Gasteiger partial charge in [0.15, 0.2) is 5.76 Å². The summed E-state index contributed by atoms with van der Waals surface area (Å²) in [6.07, 6.45) is 1.41. The van der Waals surface area contributed by atoms with Crippen LogP contribution in [0.1, 0.15) is 26.5 Å². The van der Waals surface area contributed by atoms with Crippen molar-refractivity contribution in [2.45, 2.75) is 6.54 Å². The molecule has 0 spiro atoms. The number of rotatable bonds is 6. The first-order valence-electron chi connectivity index (χ1n) is 8.00. The number of nitro benzene ring substituents is 1. The van der Waals surface area contributed by atoms with Crippen LogP contribution in [0.5, 0.6) is 0 Å². The number of carbonyl (C=O) groups is 2. The number of hydrogen-bond donors (Lipinski definition) is 2. The third-order valence-electron chi connectivity index (χ3n) is 3.76. The van der Waals surface area contributed by atoms with E-state index in [2.05, 4.69) is 10.6 Å². The van der Waals surface area contributed by atoms with Crippen molar-refractivity contribution in [3.8, 4) is 0 Å². The topological polar surface area (TPSA) is 114 Å². The Bertz CT molecular complexity index is 965. The highest BCUT2D eigenvalue weighted by molar-refractivity contribution is 6.02. The van der Waals surface area contributed by atoms with Gasteiger partial charge in [0.1, 0.15) is 5.56 Å². The molecule has 0 unspecified atom stereocenters. The van der Waals surface area contributed by atoms with Crippen molar-refractivity contribution < 1.29 is 18.9 Å². The molecule has 0 saturated heterocycles. The first kappa shape index (κ1) is 17.9. The van der Waals surface area contributed by atoms with Gasteiger partial charge in [-0.1, -0.05) is 24.3 Å². The average molecular weight is 365 g/mol. The zero-order chi connectivity index (χ0) is 19.2. The Kier molecular flexibility index (Phi) is 5.27. The molecule has 3 rings (SSSR count). The lowest BCUT2D eigenvalue weighted by Crippen LogP contribution is -2.23. The van der Waals surface area contributed by atoms with E-state index >= 15 is 0 Å². The number of benzene rings is 2. The summed E-state index contributed by atoms with van der Waals surface area (Å²) in [7, 11) is 0. The number of furan rings is 1. The Morgan fingerprint density at radius 3 is 2.37 bits per heavy atom. The van der Waals surface area contributed by atoms with Gasteiger partial charge < -0.3 is 15.1 Å². The maximum absolute atomic E-state index is 12.2. The summed E-state index contributed by atoms with van der Waals surface area (Å²) in [5.74, 6) is -0.689. The minimum Gasteiger partial charge on any atom is -0.459 e. The van der Waals surface area contributed by atoms with E-state index in [-0.39, 0.29) is 29.5 Å². The zero-order valence-corrected chi connectivity index (χ0v) is 14.0. The summed E-state index contributed by atoms with van der Waals surface area (Å²) in [5.41, 5.74) is 1.11.